The van der Waals surface area contributed by atoms with Crippen molar-refractivity contribution < 1.29 is 21.6 Å². The zero-order valence-electron chi connectivity index (χ0n) is 16.5. The normalized spacial score (nSPS) is 12.3. The fourth-order valence-corrected chi connectivity index (χ4v) is 5.15. The van der Waals surface area contributed by atoms with E-state index in [4.69, 9.17) is 0 Å². The van der Waals surface area contributed by atoms with Crippen molar-refractivity contribution in [3.8, 4) is 11.1 Å². The summed E-state index contributed by atoms with van der Waals surface area (Å²) in [6, 6.07) is 18.0. The lowest BCUT2D eigenvalue weighted by Gasteiger charge is -2.12. The fraction of sp³-hybridized carbons (Fsp3) is 0.0833. The van der Waals surface area contributed by atoms with Crippen LogP contribution in [0.4, 0.5) is 13.2 Å². The predicted molar refractivity (Wildman–Crippen MR) is 116 cm³/mol. The summed E-state index contributed by atoms with van der Waals surface area (Å²) < 4.78 is 67.3. The summed E-state index contributed by atoms with van der Waals surface area (Å²) in [5, 5.41) is 0.604. The van der Waals surface area contributed by atoms with E-state index in [1.807, 2.05) is 6.92 Å². The monoisotopic (exact) mass is 441 g/mol. The molecule has 4 aromatic rings. The second-order valence-corrected chi connectivity index (χ2v) is 8.93. The number of para-hydroxylation sites is 1. The van der Waals surface area contributed by atoms with Crippen molar-refractivity contribution >= 4 is 27.0 Å². The Morgan fingerprint density at radius 2 is 1.52 bits per heavy atom. The molecule has 0 aliphatic carbocycles. The lowest BCUT2D eigenvalue weighted by atomic mass is 10.0. The Bertz CT molecular complexity index is 1380. The number of alkyl halides is 3. The summed E-state index contributed by atoms with van der Waals surface area (Å²) in [4.78, 5) is 0.112. The Morgan fingerprint density at radius 3 is 2.10 bits per heavy atom. The number of hydrogen-bond donors (Lipinski definition) is 0. The van der Waals surface area contributed by atoms with Gasteiger partial charge in [0.2, 0.25) is 0 Å². The van der Waals surface area contributed by atoms with Gasteiger partial charge < -0.3 is 0 Å². The van der Waals surface area contributed by atoms with Crippen LogP contribution < -0.4 is 0 Å². The van der Waals surface area contributed by atoms with E-state index < -0.39 is 21.8 Å². The van der Waals surface area contributed by atoms with Gasteiger partial charge in [-0.2, -0.15) is 13.2 Å². The largest absolute Gasteiger partial charge is 0.416 e. The van der Waals surface area contributed by atoms with Crippen LogP contribution in [0.2, 0.25) is 0 Å². The van der Waals surface area contributed by atoms with Crippen LogP contribution in [0.5, 0.6) is 0 Å². The van der Waals surface area contributed by atoms with Crippen LogP contribution in [0.15, 0.2) is 84.3 Å². The zero-order chi connectivity index (χ0) is 22.4. The molecule has 158 valence electrons. The molecule has 7 heteroatoms. The maximum Gasteiger partial charge on any atom is 0.416 e. The fourth-order valence-electron chi connectivity index (χ4n) is 3.62. The number of nitrogens with zero attached hydrogens (tertiary/aromatic N) is 1. The van der Waals surface area contributed by atoms with Gasteiger partial charge in [0.1, 0.15) is 0 Å². The third kappa shape index (κ3) is 3.55. The summed E-state index contributed by atoms with van der Waals surface area (Å²) in [5.41, 5.74) is 1.85. The van der Waals surface area contributed by atoms with E-state index >= 15 is 0 Å². The lowest BCUT2D eigenvalue weighted by molar-refractivity contribution is -0.137. The molecule has 0 aliphatic rings. The number of halogens is 3. The predicted octanol–water partition coefficient (Wildman–Crippen LogP) is 6.52. The molecule has 0 aliphatic heterocycles. The van der Waals surface area contributed by atoms with Gasteiger partial charge in [-0.15, -0.1) is 0 Å². The summed E-state index contributed by atoms with van der Waals surface area (Å²) in [7, 11) is -3.98. The van der Waals surface area contributed by atoms with Gasteiger partial charge in [-0.3, -0.25) is 0 Å². The average molecular weight is 441 g/mol. The Balaban J connectivity index is 2.01. The lowest BCUT2D eigenvalue weighted by Crippen LogP contribution is -2.14. The Labute approximate surface area is 178 Å². The second kappa shape index (κ2) is 7.42. The number of fused-ring (bicyclic) bond motifs is 1. The molecule has 0 spiro atoms. The van der Waals surface area contributed by atoms with E-state index in [0.717, 1.165) is 17.7 Å². The molecule has 3 aromatic carbocycles. The Hall–Kier alpha value is -3.32. The first-order valence-electron chi connectivity index (χ1n) is 9.40. The number of rotatable bonds is 4. The van der Waals surface area contributed by atoms with Gasteiger partial charge in [0, 0.05) is 10.9 Å². The van der Waals surface area contributed by atoms with Crippen molar-refractivity contribution in [3.63, 3.8) is 0 Å². The molecule has 0 saturated carbocycles. The van der Waals surface area contributed by atoms with Gasteiger partial charge in [0.25, 0.3) is 10.0 Å². The smallest absolute Gasteiger partial charge is 0.233 e. The van der Waals surface area contributed by atoms with E-state index in [-0.39, 0.29) is 4.90 Å². The third-order valence-corrected chi connectivity index (χ3v) is 6.86. The van der Waals surface area contributed by atoms with Crippen LogP contribution in [-0.4, -0.2) is 12.4 Å². The molecule has 0 fully saturated rings. The maximum absolute atomic E-state index is 13.5. The van der Waals surface area contributed by atoms with Crippen LogP contribution in [0, 0.1) is 6.92 Å². The number of aromatic nitrogens is 1. The summed E-state index contributed by atoms with van der Waals surface area (Å²) in [6.07, 6.45) is -3.04. The van der Waals surface area contributed by atoms with Crippen molar-refractivity contribution in [1.82, 2.24) is 3.97 Å². The standard InChI is InChI=1S/C24H18F3NO2S/c1-3-21-23(17-10-12-18(13-11-17)24(25,26)27)20-6-4-5-7-22(20)28(21)31(29,30)19-14-8-16(2)9-15-19/h3-15H,1H2,2H3. The first kappa shape index (κ1) is 20.9. The molecular formula is C24H18F3NO2S. The minimum Gasteiger partial charge on any atom is -0.233 e. The molecule has 0 bridgehead atoms. The van der Waals surface area contributed by atoms with Gasteiger partial charge in [-0.05, 0) is 48.9 Å². The SMILES string of the molecule is C=Cc1c(-c2ccc(C(F)(F)F)cc2)c2ccccc2n1S(=O)(=O)c1ccc(C)cc1. The molecule has 0 saturated heterocycles. The highest BCUT2D eigenvalue weighted by atomic mass is 32.2. The van der Waals surface area contributed by atoms with Crippen molar-refractivity contribution in [3.05, 3.63) is 96.2 Å². The second-order valence-electron chi connectivity index (χ2n) is 7.14. The van der Waals surface area contributed by atoms with E-state index in [9.17, 15) is 21.6 Å². The van der Waals surface area contributed by atoms with Crippen molar-refractivity contribution in [2.75, 3.05) is 0 Å². The minimum atomic E-state index is -4.46. The van der Waals surface area contributed by atoms with Crippen LogP contribution in [0.1, 0.15) is 16.8 Å². The quantitative estimate of drug-likeness (QED) is 0.362. The van der Waals surface area contributed by atoms with Crippen LogP contribution in [-0.2, 0) is 16.2 Å². The molecule has 0 amide bonds. The summed E-state index contributed by atoms with van der Waals surface area (Å²) in [6.45, 7) is 5.65. The van der Waals surface area contributed by atoms with Crippen LogP contribution in [0.25, 0.3) is 28.1 Å². The van der Waals surface area contributed by atoms with E-state index in [0.29, 0.717) is 27.7 Å². The summed E-state index contributed by atoms with van der Waals surface area (Å²) >= 11 is 0. The molecule has 4 rings (SSSR count). The molecule has 1 heterocycles. The van der Waals surface area contributed by atoms with Crippen molar-refractivity contribution in [2.45, 2.75) is 18.0 Å². The highest BCUT2D eigenvalue weighted by Gasteiger charge is 2.31. The van der Waals surface area contributed by atoms with Crippen LogP contribution in [0.3, 0.4) is 0 Å². The number of benzene rings is 3. The van der Waals surface area contributed by atoms with Gasteiger partial charge in [-0.25, -0.2) is 12.4 Å². The molecule has 0 unspecified atom stereocenters. The minimum absolute atomic E-state index is 0.112. The zero-order valence-corrected chi connectivity index (χ0v) is 17.3. The third-order valence-electron chi connectivity index (χ3n) is 5.12. The van der Waals surface area contributed by atoms with E-state index in [2.05, 4.69) is 6.58 Å². The molecule has 3 nitrogen and oxygen atoms in total. The topological polar surface area (TPSA) is 39.1 Å². The Kier molecular flexibility index (Phi) is 5.01. The molecule has 31 heavy (non-hydrogen) atoms. The van der Waals surface area contributed by atoms with Gasteiger partial charge in [0.15, 0.2) is 0 Å². The maximum atomic E-state index is 13.5. The molecule has 0 atom stereocenters. The van der Waals surface area contributed by atoms with Gasteiger partial charge in [-0.1, -0.05) is 54.6 Å². The molecule has 0 N–H and O–H groups in total. The first-order valence-corrected chi connectivity index (χ1v) is 10.8. The highest BCUT2D eigenvalue weighted by molar-refractivity contribution is 7.90. The average Bonchev–Trinajstić information content (AvgIpc) is 3.08. The molecule has 1 aromatic heterocycles. The van der Waals surface area contributed by atoms with Gasteiger partial charge >= 0.3 is 6.18 Å². The van der Waals surface area contributed by atoms with Gasteiger partial charge in [0.05, 0.1) is 21.7 Å². The van der Waals surface area contributed by atoms with Crippen molar-refractivity contribution in [2.24, 2.45) is 0 Å². The first-order chi connectivity index (χ1) is 14.6. The Morgan fingerprint density at radius 1 is 0.903 bits per heavy atom. The summed E-state index contributed by atoms with van der Waals surface area (Å²) in [5.74, 6) is 0. The number of hydrogen-bond acceptors (Lipinski definition) is 2. The van der Waals surface area contributed by atoms with Crippen LogP contribution >= 0.6 is 0 Å². The van der Waals surface area contributed by atoms with E-state index in [1.54, 1.807) is 36.4 Å². The highest BCUT2D eigenvalue weighted by Crippen LogP contribution is 2.39. The van der Waals surface area contributed by atoms with E-state index in [1.165, 1.54) is 34.3 Å². The molecule has 0 radical (unpaired) electrons. The number of aryl methyl sites for hydroxylation is 1. The van der Waals surface area contributed by atoms with Crippen molar-refractivity contribution in [1.29, 1.82) is 0 Å². The molecular weight excluding hydrogens is 423 g/mol.